The SMILES string of the molecule is CC1=CCN2CCCC1C2. The van der Waals surface area contributed by atoms with E-state index in [0.29, 0.717) is 0 Å². The lowest BCUT2D eigenvalue weighted by molar-refractivity contribution is 0.195. The molecule has 1 saturated heterocycles. The Hall–Kier alpha value is -0.300. The smallest absolute Gasteiger partial charge is 0.0166 e. The van der Waals surface area contributed by atoms with E-state index in [1.165, 1.54) is 32.5 Å². The van der Waals surface area contributed by atoms with E-state index < -0.39 is 0 Å². The van der Waals surface area contributed by atoms with Gasteiger partial charge in [-0.1, -0.05) is 11.6 Å². The molecule has 1 nitrogen and oxygen atoms in total. The molecule has 0 aromatic carbocycles. The Morgan fingerprint density at radius 2 is 2.50 bits per heavy atom. The van der Waals surface area contributed by atoms with E-state index in [-0.39, 0.29) is 0 Å². The summed E-state index contributed by atoms with van der Waals surface area (Å²) in [6, 6.07) is 0. The molecule has 2 unspecified atom stereocenters. The van der Waals surface area contributed by atoms with Gasteiger partial charge in [-0.15, -0.1) is 0 Å². The molecule has 0 N–H and O–H groups in total. The van der Waals surface area contributed by atoms with E-state index in [1.807, 2.05) is 0 Å². The normalized spacial score (nSPS) is 39.1. The molecule has 2 aliphatic rings. The van der Waals surface area contributed by atoms with Crippen molar-refractivity contribution in [3.8, 4) is 0 Å². The van der Waals surface area contributed by atoms with Gasteiger partial charge in [-0.25, -0.2) is 0 Å². The first-order valence-electron chi connectivity index (χ1n) is 4.25. The molecule has 2 rings (SSSR count). The van der Waals surface area contributed by atoms with Crippen LogP contribution in [0.3, 0.4) is 0 Å². The zero-order chi connectivity index (χ0) is 6.97. The second-order valence-corrected chi connectivity index (χ2v) is 3.55. The Morgan fingerprint density at radius 1 is 1.60 bits per heavy atom. The maximum Gasteiger partial charge on any atom is 0.0166 e. The topological polar surface area (TPSA) is 3.24 Å². The Bertz CT molecular complexity index is 160. The van der Waals surface area contributed by atoms with Crippen LogP contribution in [0.2, 0.25) is 0 Å². The average molecular weight is 137 g/mol. The fraction of sp³-hybridized carbons (Fsp3) is 0.778. The van der Waals surface area contributed by atoms with Crippen LogP contribution in [0.25, 0.3) is 0 Å². The van der Waals surface area contributed by atoms with Crippen molar-refractivity contribution in [2.24, 2.45) is 5.92 Å². The zero-order valence-corrected chi connectivity index (χ0v) is 6.64. The molecule has 2 heterocycles. The highest BCUT2D eigenvalue weighted by atomic mass is 15.1. The first kappa shape index (κ1) is 6.41. The summed E-state index contributed by atoms with van der Waals surface area (Å²) in [6.07, 6.45) is 5.24. The van der Waals surface area contributed by atoms with E-state index in [2.05, 4.69) is 17.9 Å². The summed E-state index contributed by atoms with van der Waals surface area (Å²) in [5, 5.41) is 0. The maximum atomic E-state index is 2.56. The van der Waals surface area contributed by atoms with Crippen LogP contribution >= 0.6 is 0 Å². The molecule has 0 aliphatic carbocycles. The molecule has 0 aromatic heterocycles. The van der Waals surface area contributed by atoms with Crippen molar-refractivity contribution in [1.29, 1.82) is 0 Å². The highest BCUT2D eigenvalue weighted by Crippen LogP contribution is 2.26. The molecule has 0 spiro atoms. The fourth-order valence-corrected chi connectivity index (χ4v) is 2.03. The van der Waals surface area contributed by atoms with E-state index in [1.54, 1.807) is 5.57 Å². The molecule has 2 aliphatic heterocycles. The molecule has 56 valence electrons. The molecule has 10 heavy (non-hydrogen) atoms. The molecular formula is C9H15N. The number of rotatable bonds is 0. The highest BCUT2D eigenvalue weighted by Gasteiger charge is 2.23. The molecule has 1 heteroatoms. The standard InChI is InChI=1S/C9H15N/c1-8-4-6-10-5-2-3-9(8)7-10/h4,9H,2-3,5-7H2,1H3. The van der Waals surface area contributed by atoms with Crippen molar-refractivity contribution in [2.75, 3.05) is 19.6 Å². The molecule has 2 bridgehead atoms. The van der Waals surface area contributed by atoms with Gasteiger partial charge in [0.25, 0.3) is 0 Å². The highest BCUT2D eigenvalue weighted by molar-refractivity contribution is 5.10. The Labute approximate surface area is 62.7 Å². The molecule has 2 atom stereocenters. The van der Waals surface area contributed by atoms with Crippen LogP contribution in [0.1, 0.15) is 19.8 Å². The van der Waals surface area contributed by atoms with Crippen LogP contribution in [0.15, 0.2) is 11.6 Å². The molecule has 0 amide bonds. The van der Waals surface area contributed by atoms with Crippen molar-refractivity contribution in [3.63, 3.8) is 0 Å². The third-order valence-corrected chi connectivity index (χ3v) is 2.82. The van der Waals surface area contributed by atoms with Crippen LogP contribution in [0.5, 0.6) is 0 Å². The molecule has 0 aromatic rings. The molecule has 1 fully saturated rings. The van der Waals surface area contributed by atoms with Crippen molar-refractivity contribution in [2.45, 2.75) is 19.8 Å². The van der Waals surface area contributed by atoms with Gasteiger partial charge < -0.3 is 0 Å². The fourth-order valence-electron chi connectivity index (χ4n) is 2.03. The minimum absolute atomic E-state index is 0.905. The van der Waals surface area contributed by atoms with Crippen LogP contribution in [0, 0.1) is 5.92 Å². The monoisotopic (exact) mass is 137 g/mol. The van der Waals surface area contributed by atoms with Crippen molar-refractivity contribution >= 4 is 0 Å². The summed E-state index contributed by atoms with van der Waals surface area (Å²) in [4.78, 5) is 2.56. The number of piperidine rings is 1. The first-order valence-corrected chi connectivity index (χ1v) is 4.25. The van der Waals surface area contributed by atoms with Crippen molar-refractivity contribution in [3.05, 3.63) is 11.6 Å². The predicted octanol–water partition coefficient (Wildman–Crippen LogP) is 1.66. The van der Waals surface area contributed by atoms with Crippen LogP contribution in [-0.4, -0.2) is 24.5 Å². The summed E-state index contributed by atoms with van der Waals surface area (Å²) in [6.45, 7) is 6.16. The van der Waals surface area contributed by atoms with Crippen LogP contribution in [0.4, 0.5) is 0 Å². The van der Waals surface area contributed by atoms with Gasteiger partial charge >= 0.3 is 0 Å². The molecule has 0 radical (unpaired) electrons. The van der Waals surface area contributed by atoms with Gasteiger partial charge in [-0.3, -0.25) is 4.90 Å². The molecular weight excluding hydrogens is 122 g/mol. The van der Waals surface area contributed by atoms with Crippen molar-refractivity contribution in [1.82, 2.24) is 4.90 Å². The maximum absolute atomic E-state index is 2.56. The minimum Gasteiger partial charge on any atom is -0.299 e. The second-order valence-electron chi connectivity index (χ2n) is 3.55. The van der Waals surface area contributed by atoms with E-state index >= 15 is 0 Å². The van der Waals surface area contributed by atoms with Gasteiger partial charge in [0.15, 0.2) is 0 Å². The quantitative estimate of drug-likeness (QED) is 0.459. The minimum atomic E-state index is 0.905. The lowest BCUT2D eigenvalue weighted by Crippen LogP contribution is -2.39. The van der Waals surface area contributed by atoms with Crippen LogP contribution < -0.4 is 0 Å². The third kappa shape index (κ3) is 0.988. The largest absolute Gasteiger partial charge is 0.299 e. The number of fused-ring (bicyclic) bond motifs is 2. The van der Waals surface area contributed by atoms with Gasteiger partial charge in [0.1, 0.15) is 0 Å². The summed E-state index contributed by atoms with van der Waals surface area (Å²) >= 11 is 0. The first-order chi connectivity index (χ1) is 4.86. The number of hydrogen-bond donors (Lipinski definition) is 0. The average Bonchev–Trinajstić information content (AvgIpc) is 1.99. The van der Waals surface area contributed by atoms with E-state index in [0.717, 1.165) is 5.92 Å². The lowest BCUT2D eigenvalue weighted by atomic mass is 9.88. The van der Waals surface area contributed by atoms with Crippen LogP contribution in [-0.2, 0) is 0 Å². The summed E-state index contributed by atoms with van der Waals surface area (Å²) in [5.74, 6) is 0.905. The summed E-state index contributed by atoms with van der Waals surface area (Å²) in [5.41, 5.74) is 1.64. The predicted molar refractivity (Wildman–Crippen MR) is 42.9 cm³/mol. The summed E-state index contributed by atoms with van der Waals surface area (Å²) in [7, 11) is 0. The number of nitrogens with zero attached hydrogens (tertiary/aromatic N) is 1. The lowest BCUT2D eigenvalue weighted by Gasteiger charge is -2.36. The second kappa shape index (κ2) is 2.39. The van der Waals surface area contributed by atoms with E-state index in [9.17, 15) is 0 Å². The Balaban J connectivity index is 2.15. The zero-order valence-electron chi connectivity index (χ0n) is 6.64. The summed E-state index contributed by atoms with van der Waals surface area (Å²) < 4.78 is 0. The van der Waals surface area contributed by atoms with Gasteiger partial charge in [0, 0.05) is 13.1 Å². The number of hydrogen-bond acceptors (Lipinski definition) is 1. The Morgan fingerprint density at radius 3 is 3.30 bits per heavy atom. The van der Waals surface area contributed by atoms with Gasteiger partial charge in [-0.05, 0) is 32.2 Å². The Kier molecular flexibility index (Phi) is 1.53. The molecule has 0 saturated carbocycles. The van der Waals surface area contributed by atoms with E-state index in [4.69, 9.17) is 0 Å². The van der Waals surface area contributed by atoms with Crippen molar-refractivity contribution < 1.29 is 0 Å². The van der Waals surface area contributed by atoms with Gasteiger partial charge in [0.2, 0.25) is 0 Å². The van der Waals surface area contributed by atoms with Gasteiger partial charge in [0.05, 0.1) is 0 Å². The van der Waals surface area contributed by atoms with Gasteiger partial charge in [-0.2, -0.15) is 0 Å². The third-order valence-electron chi connectivity index (χ3n) is 2.82.